The average molecular weight is 352 g/mol. The molecule has 3 N–H and O–H groups in total. The number of aromatic nitrogens is 2. The molecule has 134 valence electrons. The van der Waals surface area contributed by atoms with E-state index < -0.39 is 11.7 Å². The number of rotatable bonds is 4. The zero-order valence-electron chi connectivity index (χ0n) is 13.7. The smallest absolute Gasteiger partial charge is 0.354 e. The molecular formula is C17H19F3N4O. The molecule has 1 aromatic heterocycles. The van der Waals surface area contributed by atoms with Gasteiger partial charge in [-0.15, -0.1) is 0 Å². The number of amides is 1. The Morgan fingerprint density at radius 1 is 1.28 bits per heavy atom. The van der Waals surface area contributed by atoms with Gasteiger partial charge in [-0.25, -0.2) is 0 Å². The summed E-state index contributed by atoms with van der Waals surface area (Å²) in [5.41, 5.74) is 0.542. The highest BCUT2D eigenvalue weighted by atomic mass is 19.4. The van der Waals surface area contributed by atoms with Gasteiger partial charge in [-0.05, 0) is 37.5 Å². The van der Waals surface area contributed by atoms with Crippen molar-refractivity contribution in [3.05, 3.63) is 41.6 Å². The van der Waals surface area contributed by atoms with Crippen molar-refractivity contribution >= 4 is 17.4 Å². The van der Waals surface area contributed by atoms with E-state index in [1.165, 1.54) is 13.0 Å². The Morgan fingerprint density at radius 2 is 2.08 bits per heavy atom. The summed E-state index contributed by atoms with van der Waals surface area (Å²) < 4.78 is 38.3. The Kier molecular flexibility index (Phi) is 4.69. The molecule has 1 heterocycles. The van der Waals surface area contributed by atoms with E-state index in [1.54, 1.807) is 12.1 Å². The summed E-state index contributed by atoms with van der Waals surface area (Å²) in [6, 6.07) is 6.96. The molecule has 0 aliphatic heterocycles. The fraction of sp³-hybridized carbons (Fsp3) is 0.412. The fourth-order valence-corrected chi connectivity index (χ4v) is 3.21. The highest BCUT2D eigenvalue weighted by Crippen LogP contribution is 2.35. The van der Waals surface area contributed by atoms with Gasteiger partial charge in [-0.3, -0.25) is 9.89 Å². The molecule has 8 heteroatoms. The fourth-order valence-electron chi connectivity index (χ4n) is 3.21. The normalized spacial score (nSPS) is 20.5. The van der Waals surface area contributed by atoms with Crippen LogP contribution in [0.25, 0.3) is 0 Å². The minimum atomic E-state index is -4.38. The number of anilines is 2. The number of benzene rings is 1. The largest absolute Gasteiger partial charge is 0.416 e. The Labute approximate surface area is 143 Å². The maximum absolute atomic E-state index is 12.8. The number of alkyl halides is 3. The summed E-state index contributed by atoms with van der Waals surface area (Å²) in [6.07, 6.45) is -1.72. The van der Waals surface area contributed by atoms with Crippen molar-refractivity contribution in [2.75, 3.05) is 5.32 Å². The summed E-state index contributed by atoms with van der Waals surface area (Å²) in [5, 5.41) is 12.9. The lowest BCUT2D eigenvalue weighted by molar-refractivity contribution is -0.137. The van der Waals surface area contributed by atoms with Crippen molar-refractivity contribution in [1.29, 1.82) is 0 Å². The lowest BCUT2D eigenvalue weighted by atomic mass is 10.0. The lowest BCUT2D eigenvalue weighted by Gasteiger charge is -2.10. The average Bonchev–Trinajstić information content (AvgIpc) is 3.15. The molecule has 0 bridgehead atoms. The van der Waals surface area contributed by atoms with Crippen LogP contribution in [0.5, 0.6) is 0 Å². The van der Waals surface area contributed by atoms with E-state index >= 15 is 0 Å². The summed E-state index contributed by atoms with van der Waals surface area (Å²) in [4.78, 5) is 11.1. The lowest BCUT2D eigenvalue weighted by Crippen LogP contribution is -2.30. The first-order valence-corrected chi connectivity index (χ1v) is 8.08. The Morgan fingerprint density at radius 3 is 2.80 bits per heavy atom. The molecule has 0 radical (unpaired) electrons. The Bertz CT molecular complexity index is 756. The third-order valence-corrected chi connectivity index (χ3v) is 4.34. The van der Waals surface area contributed by atoms with Gasteiger partial charge in [0.25, 0.3) is 0 Å². The quantitative estimate of drug-likeness (QED) is 0.780. The molecule has 1 amide bonds. The van der Waals surface area contributed by atoms with Crippen molar-refractivity contribution in [1.82, 2.24) is 15.5 Å². The monoisotopic (exact) mass is 352 g/mol. The van der Waals surface area contributed by atoms with Crippen molar-refractivity contribution < 1.29 is 18.0 Å². The molecule has 1 fully saturated rings. The molecule has 2 aromatic rings. The molecule has 1 saturated carbocycles. The standard InChI is InChI=1S/C17H19F3N4O/c1-10(25)21-14-6-5-11(7-14)15-9-16(24-23-15)22-13-4-2-3-12(8-13)17(18,19)20/h2-4,8-9,11,14H,5-7H2,1H3,(H,21,25)(H2,22,23,24). The number of halogens is 3. The van der Waals surface area contributed by atoms with Gasteiger partial charge in [0, 0.05) is 36.3 Å². The molecule has 1 aromatic carbocycles. The molecule has 0 spiro atoms. The summed E-state index contributed by atoms with van der Waals surface area (Å²) >= 11 is 0. The Balaban J connectivity index is 1.66. The maximum Gasteiger partial charge on any atom is 0.416 e. The second-order valence-corrected chi connectivity index (χ2v) is 6.32. The number of hydrogen-bond acceptors (Lipinski definition) is 3. The van der Waals surface area contributed by atoms with Crippen LogP contribution in [-0.4, -0.2) is 22.1 Å². The molecular weight excluding hydrogens is 333 g/mol. The van der Waals surface area contributed by atoms with Crippen LogP contribution in [-0.2, 0) is 11.0 Å². The second kappa shape index (κ2) is 6.78. The van der Waals surface area contributed by atoms with E-state index in [0.717, 1.165) is 37.1 Å². The molecule has 2 unspecified atom stereocenters. The van der Waals surface area contributed by atoms with Gasteiger partial charge in [-0.2, -0.15) is 18.3 Å². The molecule has 3 rings (SSSR count). The van der Waals surface area contributed by atoms with Crippen LogP contribution >= 0.6 is 0 Å². The summed E-state index contributed by atoms with van der Waals surface area (Å²) in [7, 11) is 0. The third kappa shape index (κ3) is 4.32. The number of H-pyrrole nitrogens is 1. The minimum absolute atomic E-state index is 0.0397. The minimum Gasteiger partial charge on any atom is -0.354 e. The van der Waals surface area contributed by atoms with Crippen LogP contribution in [0.2, 0.25) is 0 Å². The van der Waals surface area contributed by atoms with E-state index in [1.807, 2.05) is 0 Å². The van der Waals surface area contributed by atoms with Crippen molar-refractivity contribution in [3.63, 3.8) is 0 Å². The molecule has 1 aliphatic rings. The number of hydrogen-bond donors (Lipinski definition) is 3. The van der Waals surface area contributed by atoms with Crippen molar-refractivity contribution in [2.45, 2.75) is 44.3 Å². The zero-order chi connectivity index (χ0) is 18.0. The van der Waals surface area contributed by atoms with Crippen molar-refractivity contribution in [3.8, 4) is 0 Å². The third-order valence-electron chi connectivity index (χ3n) is 4.34. The van der Waals surface area contributed by atoms with Gasteiger partial charge in [0.05, 0.1) is 5.56 Å². The second-order valence-electron chi connectivity index (χ2n) is 6.32. The molecule has 0 saturated heterocycles. The van der Waals surface area contributed by atoms with Crippen LogP contribution in [0.15, 0.2) is 30.3 Å². The summed E-state index contributed by atoms with van der Waals surface area (Å²) in [5.74, 6) is 0.681. The van der Waals surface area contributed by atoms with Gasteiger partial charge in [-0.1, -0.05) is 6.07 Å². The van der Waals surface area contributed by atoms with Crippen LogP contribution < -0.4 is 10.6 Å². The number of carbonyl (C=O) groups excluding carboxylic acids is 1. The van der Waals surface area contributed by atoms with Gasteiger partial charge in [0.1, 0.15) is 0 Å². The van der Waals surface area contributed by atoms with Gasteiger partial charge >= 0.3 is 6.18 Å². The molecule has 25 heavy (non-hydrogen) atoms. The van der Waals surface area contributed by atoms with E-state index in [2.05, 4.69) is 20.8 Å². The predicted molar refractivity (Wildman–Crippen MR) is 87.5 cm³/mol. The number of nitrogens with one attached hydrogen (secondary N) is 3. The Hall–Kier alpha value is -2.51. The van der Waals surface area contributed by atoms with E-state index in [-0.39, 0.29) is 17.9 Å². The highest BCUT2D eigenvalue weighted by molar-refractivity contribution is 5.73. The number of carbonyl (C=O) groups is 1. The molecule has 2 atom stereocenters. The van der Waals surface area contributed by atoms with Crippen LogP contribution in [0.1, 0.15) is 43.4 Å². The summed E-state index contributed by atoms with van der Waals surface area (Å²) in [6.45, 7) is 1.50. The first kappa shape index (κ1) is 17.3. The van der Waals surface area contributed by atoms with Crippen molar-refractivity contribution in [2.24, 2.45) is 0 Å². The SMILES string of the molecule is CC(=O)NC1CCC(c2cc(Nc3cccc(C(F)(F)F)c3)n[nH]2)C1. The first-order valence-electron chi connectivity index (χ1n) is 8.08. The van der Waals surface area contributed by atoms with Crippen LogP contribution in [0.3, 0.4) is 0 Å². The molecule has 5 nitrogen and oxygen atoms in total. The number of nitrogens with zero attached hydrogens (tertiary/aromatic N) is 1. The van der Waals surface area contributed by atoms with Crippen LogP contribution in [0.4, 0.5) is 24.7 Å². The number of aromatic amines is 1. The van der Waals surface area contributed by atoms with Gasteiger partial charge < -0.3 is 10.6 Å². The maximum atomic E-state index is 12.8. The van der Waals surface area contributed by atoms with Gasteiger partial charge in [0.15, 0.2) is 5.82 Å². The zero-order valence-corrected chi connectivity index (χ0v) is 13.7. The van der Waals surface area contributed by atoms with E-state index in [9.17, 15) is 18.0 Å². The van der Waals surface area contributed by atoms with Crippen LogP contribution in [0, 0.1) is 0 Å². The molecule has 1 aliphatic carbocycles. The highest BCUT2D eigenvalue weighted by Gasteiger charge is 2.30. The van der Waals surface area contributed by atoms with E-state index in [4.69, 9.17) is 0 Å². The predicted octanol–water partition coefficient (Wildman–Crippen LogP) is 3.94. The van der Waals surface area contributed by atoms with Gasteiger partial charge in [0.2, 0.25) is 5.91 Å². The first-order chi connectivity index (χ1) is 11.8. The topological polar surface area (TPSA) is 69.8 Å². The van der Waals surface area contributed by atoms with E-state index in [0.29, 0.717) is 11.5 Å².